The van der Waals surface area contributed by atoms with Crippen LogP contribution in [0.5, 0.6) is 5.75 Å². The Morgan fingerprint density at radius 3 is 2.50 bits per heavy atom. The van der Waals surface area contributed by atoms with E-state index >= 15 is 0 Å². The number of aromatic nitrogens is 1. The first-order chi connectivity index (χ1) is 19.3. The van der Waals surface area contributed by atoms with Crippen LogP contribution < -0.4 is 19.6 Å². The van der Waals surface area contributed by atoms with Crippen LogP contribution in [0.15, 0.2) is 87.8 Å². The predicted octanol–water partition coefficient (Wildman–Crippen LogP) is 6.34. The van der Waals surface area contributed by atoms with E-state index in [9.17, 15) is 9.59 Å². The summed E-state index contributed by atoms with van der Waals surface area (Å²) in [5.74, 6) is -0.159. The third-order valence-corrected chi connectivity index (χ3v) is 8.09. The lowest BCUT2D eigenvalue weighted by Gasteiger charge is -2.25. The predicted molar refractivity (Wildman–Crippen MR) is 159 cm³/mol. The van der Waals surface area contributed by atoms with Gasteiger partial charge in [-0.1, -0.05) is 94.7 Å². The summed E-state index contributed by atoms with van der Waals surface area (Å²) in [5.41, 5.74) is 2.44. The molecule has 0 saturated carbocycles. The van der Waals surface area contributed by atoms with Crippen molar-refractivity contribution >= 4 is 58.2 Å². The average Bonchev–Trinajstić information content (AvgIpc) is 3.22. The minimum absolute atomic E-state index is 0.177. The van der Waals surface area contributed by atoms with Crippen LogP contribution in [0.2, 0.25) is 15.1 Å². The van der Waals surface area contributed by atoms with Crippen LogP contribution in [-0.4, -0.2) is 17.1 Å². The number of hydrogen-bond acceptors (Lipinski definition) is 6. The molecule has 5 rings (SSSR count). The quantitative estimate of drug-likeness (QED) is 0.228. The fourth-order valence-corrected chi connectivity index (χ4v) is 6.33. The first-order valence-corrected chi connectivity index (χ1v) is 14.3. The van der Waals surface area contributed by atoms with Crippen LogP contribution in [0, 0.1) is 0 Å². The van der Waals surface area contributed by atoms with Crippen molar-refractivity contribution in [3.05, 3.63) is 129 Å². The number of rotatable bonds is 7. The molecule has 1 aliphatic rings. The SMILES string of the molecule is CCOC(=O)C1=C(C)N=c2s/c(=C\c3cc(Cl)cc(Cl)c3OCc3ccccc3)c(=O)n2[C@H]1c1ccccc1Cl. The van der Waals surface area contributed by atoms with Crippen molar-refractivity contribution in [2.45, 2.75) is 26.5 Å². The molecule has 0 radical (unpaired) electrons. The molecule has 0 amide bonds. The number of thiazole rings is 1. The Morgan fingerprint density at radius 2 is 1.77 bits per heavy atom. The molecule has 1 atom stereocenters. The molecular weight excluding hydrogens is 591 g/mol. The average molecular weight is 614 g/mol. The zero-order chi connectivity index (χ0) is 28.4. The number of halogens is 3. The van der Waals surface area contributed by atoms with E-state index in [2.05, 4.69) is 4.99 Å². The maximum atomic E-state index is 14.0. The van der Waals surface area contributed by atoms with Crippen molar-refractivity contribution in [3.63, 3.8) is 0 Å². The molecule has 0 fully saturated rings. The fraction of sp³-hybridized carbons (Fsp3) is 0.167. The van der Waals surface area contributed by atoms with E-state index < -0.39 is 12.0 Å². The number of benzene rings is 3. The molecule has 0 unspecified atom stereocenters. The summed E-state index contributed by atoms with van der Waals surface area (Å²) < 4.78 is 13.3. The number of carbonyl (C=O) groups is 1. The van der Waals surface area contributed by atoms with Gasteiger partial charge in [-0.25, -0.2) is 9.79 Å². The monoisotopic (exact) mass is 612 g/mol. The Labute approximate surface area is 249 Å². The molecular formula is C30H23Cl3N2O4S. The van der Waals surface area contributed by atoms with Gasteiger partial charge in [0.25, 0.3) is 5.56 Å². The van der Waals surface area contributed by atoms with Crippen molar-refractivity contribution < 1.29 is 14.3 Å². The number of nitrogens with zero attached hydrogens (tertiary/aromatic N) is 2. The lowest BCUT2D eigenvalue weighted by molar-refractivity contribution is -0.139. The Hall–Kier alpha value is -3.36. The number of fused-ring (bicyclic) bond motifs is 1. The van der Waals surface area contributed by atoms with Crippen LogP contribution in [0.4, 0.5) is 0 Å². The lowest BCUT2D eigenvalue weighted by atomic mass is 9.96. The first kappa shape index (κ1) is 28.2. The minimum Gasteiger partial charge on any atom is -0.487 e. The van der Waals surface area contributed by atoms with Gasteiger partial charge < -0.3 is 9.47 Å². The van der Waals surface area contributed by atoms with Crippen molar-refractivity contribution in [2.75, 3.05) is 6.61 Å². The van der Waals surface area contributed by atoms with E-state index in [4.69, 9.17) is 44.3 Å². The fourth-order valence-electron chi connectivity index (χ4n) is 4.49. The molecule has 0 spiro atoms. The van der Waals surface area contributed by atoms with Crippen LogP contribution >= 0.6 is 46.1 Å². The van der Waals surface area contributed by atoms with E-state index in [0.717, 1.165) is 5.56 Å². The summed E-state index contributed by atoms with van der Waals surface area (Å²) >= 11 is 20.6. The third kappa shape index (κ3) is 5.60. The third-order valence-electron chi connectivity index (χ3n) is 6.27. The van der Waals surface area contributed by atoms with Crippen LogP contribution in [0.25, 0.3) is 6.08 Å². The number of ether oxygens (including phenoxy) is 2. The highest BCUT2D eigenvalue weighted by Gasteiger charge is 2.34. The highest BCUT2D eigenvalue weighted by molar-refractivity contribution is 7.07. The largest absolute Gasteiger partial charge is 0.487 e. The zero-order valence-corrected chi connectivity index (χ0v) is 24.6. The van der Waals surface area contributed by atoms with Gasteiger partial charge in [0.05, 0.1) is 27.4 Å². The molecule has 6 nitrogen and oxygen atoms in total. The molecule has 4 aromatic rings. The molecule has 40 heavy (non-hydrogen) atoms. The molecule has 0 bridgehead atoms. The van der Waals surface area contributed by atoms with Crippen LogP contribution in [0.3, 0.4) is 0 Å². The van der Waals surface area contributed by atoms with Crippen LogP contribution in [0.1, 0.15) is 36.6 Å². The van der Waals surface area contributed by atoms with Gasteiger partial charge in [-0.05, 0) is 49.2 Å². The molecule has 204 valence electrons. The Kier molecular flexibility index (Phi) is 8.47. The summed E-state index contributed by atoms with van der Waals surface area (Å²) in [7, 11) is 0. The Morgan fingerprint density at radius 1 is 1.05 bits per heavy atom. The molecule has 0 N–H and O–H groups in total. The second kappa shape index (κ2) is 12.0. The molecule has 2 heterocycles. The van der Waals surface area contributed by atoms with E-state index in [-0.39, 0.29) is 24.3 Å². The highest BCUT2D eigenvalue weighted by Crippen LogP contribution is 2.35. The second-order valence-corrected chi connectivity index (χ2v) is 11.2. The zero-order valence-electron chi connectivity index (χ0n) is 21.5. The summed E-state index contributed by atoms with van der Waals surface area (Å²) in [5, 5.41) is 1.12. The van der Waals surface area contributed by atoms with Crippen LogP contribution in [-0.2, 0) is 16.1 Å². The normalized spacial score (nSPS) is 15.0. The summed E-state index contributed by atoms with van der Waals surface area (Å²) in [6, 6.07) is 19.2. The first-order valence-electron chi connectivity index (χ1n) is 12.4. The van der Waals surface area contributed by atoms with E-state index in [0.29, 0.717) is 47.0 Å². The molecule has 0 saturated heterocycles. The number of hydrogen-bond donors (Lipinski definition) is 0. The molecule has 1 aromatic heterocycles. The van der Waals surface area contributed by atoms with Gasteiger partial charge in [0, 0.05) is 15.6 Å². The van der Waals surface area contributed by atoms with E-state index in [1.807, 2.05) is 30.3 Å². The van der Waals surface area contributed by atoms with Gasteiger partial charge in [-0.15, -0.1) is 0 Å². The second-order valence-electron chi connectivity index (χ2n) is 8.90. The maximum Gasteiger partial charge on any atom is 0.338 e. The summed E-state index contributed by atoms with van der Waals surface area (Å²) in [4.78, 5) is 32.1. The van der Waals surface area contributed by atoms with Crippen molar-refractivity contribution in [1.29, 1.82) is 0 Å². The van der Waals surface area contributed by atoms with Gasteiger partial charge in [0.15, 0.2) is 4.80 Å². The maximum absolute atomic E-state index is 14.0. The highest BCUT2D eigenvalue weighted by atomic mass is 35.5. The number of carbonyl (C=O) groups excluding carboxylic acids is 1. The summed E-state index contributed by atoms with van der Waals surface area (Å²) in [6.45, 7) is 3.90. The molecule has 0 aliphatic carbocycles. The lowest BCUT2D eigenvalue weighted by Crippen LogP contribution is -2.40. The van der Waals surface area contributed by atoms with Gasteiger partial charge in [0.2, 0.25) is 0 Å². The minimum atomic E-state index is -0.817. The van der Waals surface area contributed by atoms with Crippen molar-refractivity contribution in [3.8, 4) is 5.75 Å². The van der Waals surface area contributed by atoms with E-state index in [1.54, 1.807) is 56.3 Å². The standard InChI is InChI=1S/C30H23Cl3N2O4S/c1-3-38-29(37)25-17(2)34-30-35(26(25)21-11-7-8-12-22(21)32)28(36)24(40-30)14-19-13-20(31)15-23(33)27(19)39-16-18-9-5-4-6-10-18/h4-15,26H,3,16H2,1-2H3/b24-14-/t26-/m0/s1. The Bertz CT molecular complexity index is 1810. The number of esters is 1. The van der Waals surface area contributed by atoms with Gasteiger partial charge >= 0.3 is 5.97 Å². The molecule has 10 heteroatoms. The topological polar surface area (TPSA) is 69.9 Å². The van der Waals surface area contributed by atoms with Crippen molar-refractivity contribution in [2.24, 2.45) is 4.99 Å². The van der Waals surface area contributed by atoms with Gasteiger partial charge in [0.1, 0.15) is 18.4 Å². The van der Waals surface area contributed by atoms with Gasteiger partial charge in [-0.3, -0.25) is 9.36 Å². The smallest absolute Gasteiger partial charge is 0.338 e. The molecule has 1 aliphatic heterocycles. The van der Waals surface area contributed by atoms with Crippen molar-refractivity contribution in [1.82, 2.24) is 4.57 Å². The summed E-state index contributed by atoms with van der Waals surface area (Å²) in [6.07, 6.45) is 1.68. The Balaban J connectivity index is 1.67. The van der Waals surface area contributed by atoms with E-state index in [1.165, 1.54) is 15.9 Å². The van der Waals surface area contributed by atoms with Gasteiger partial charge in [-0.2, -0.15) is 0 Å². The molecule has 3 aromatic carbocycles. The number of allylic oxidation sites excluding steroid dienone is 1.